The molecule has 0 saturated heterocycles. The van der Waals surface area contributed by atoms with E-state index in [-0.39, 0.29) is 18.3 Å². The van der Waals surface area contributed by atoms with E-state index in [1.807, 2.05) is 0 Å². The number of carboxylic acid groups (broad SMARTS) is 1. The summed E-state index contributed by atoms with van der Waals surface area (Å²) in [7, 11) is 0. The van der Waals surface area contributed by atoms with E-state index in [0.29, 0.717) is 25.7 Å². The number of carbonyl (C=O) groups is 1. The molecule has 5 nitrogen and oxygen atoms in total. The van der Waals surface area contributed by atoms with Crippen LogP contribution in [0.1, 0.15) is 57.8 Å². The molecule has 5 heteroatoms. The molecule has 0 aromatic rings. The Labute approximate surface area is 132 Å². The number of aliphatic carboxylic acids is 1. The van der Waals surface area contributed by atoms with Gasteiger partial charge in [-0.1, -0.05) is 25.3 Å². The zero-order valence-electron chi connectivity index (χ0n) is 13.2. The van der Waals surface area contributed by atoms with Gasteiger partial charge in [-0.15, -0.1) is 6.58 Å². The quantitative estimate of drug-likeness (QED) is 0.346. The van der Waals surface area contributed by atoms with Gasteiger partial charge < -0.3 is 20.4 Å². The molecular weight excluding hydrogens is 284 g/mol. The van der Waals surface area contributed by atoms with Crippen molar-refractivity contribution in [1.82, 2.24) is 0 Å². The molecular formula is C17H30O5. The molecule has 4 N–H and O–H groups in total. The molecule has 1 rings (SSSR count). The minimum absolute atomic E-state index is 0.0311. The Morgan fingerprint density at radius 1 is 1.09 bits per heavy atom. The lowest BCUT2D eigenvalue weighted by atomic mass is 9.85. The van der Waals surface area contributed by atoms with Crippen molar-refractivity contribution in [2.45, 2.75) is 76.1 Å². The SMILES string of the molecule is C=CC(O)CC[C@@H]1[C@@H](CCCCCCC(=O)O)[C@@H](O)C[C@H]1O. The molecule has 0 aromatic carbocycles. The third kappa shape index (κ3) is 6.46. The number of carboxylic acids is 1. The fourth-order valence-electron chi connectivity index (χ4n) is 3.47. The zero-order valence-corrected chi connectivity index (χ0v) is 13.2. The maximum Gasteiger partial charge on any atom is 0.303 e. The molecule has 0 aliphatic heterocycles. The lowest BCUT2D eigenvalue weighted by Crippen LogP contribution is -2.23. The van der Waals surface area contributed by atoms with Crippen molar-refractivity contribution in [3.63, 3.8) is 0 Å². The van der Waals surface area contributed by atoms with Gasteiger partial charge in [0.15, 0.2) is 0 Å². The van der Waals surface area contributed by atoms with Gasteiger partial charge in [0.1, 0.15) is 0 Å². The molecule has 1 fully saturated rings. The topological polar surface area (TPSA) is 98.0 Å². The molecule has 0 amide bonds. The second-order valence-electron chi connectivity index (χ2n) is 6.43. The maximum absolute atomic E-state index is 10.4. The molecule has 128 valence electrons. The summed E-state index contributed by atoms with van der Waals surface area (Å²) in [6.07, 6.45) is 6.18. The van der Waals surface area contributed by atoms with Gasteiger partial charge in [-0.25, -0.2) is 0 Å². The van der Waals surface area contributed by atoms with E-state index < -0.39 is 24.3 Å². The van der Waals surface area contributed by atoms with Crippen LogP contribution in [0.2, 0.25) is 0 Å². The number of aliphatic hydroxyl groups excluding tert-OH is 3. The second-order valence-corrected chi connectivity index (χ2v) is 6.43. The number of aliphatic hydroxyl groups is 3. The molecule has 0 spiro atoms. The van der Waals surface area contributed by atoms with Crippen LogP contribution in [0.25, 0.3) is 0 Å². The van der Waals surface area contributed by atoms with Crippen LogP contribution >= 0.6 is 0 Å². The predicted octanol–water partition coefficient (Wildman–Crippen LogP) is 2.10. The first-order chi connectivity index (χ1) is 10.5. The molecule has 0 aromatic heterocycles. The van der Waals surface area contributed by atoms with Gasteiger partial charge in [0.25, 0.3) is 0 Å². The van der Waals surface area contributed by atoms with Crippen molar-refractivity contribution < 1.29 is 25.2 Å². The summed E-state index contributed by atoms with van der Waals surface area (Å²) >= 11 is 0. The molecule has 0 bridgehead atoms. The average molecular weight is 314 g/mol. The van der Waals surface area contributed by atoms with Crippen molar-refractivity contribution in [3.05, 3.63) is 12.7 Å². The normalized spacial score (nSPS) is 29.4. The Balaban J connectivity index is 2.31. The number of unbranched alkanes of at least 4 members (excludes halogenated alkanes) is 3. The summed E-state index contributed by atoms with van der Waals surface area (Å²) < 4.78 is 0. The molecule has 1 aliphatic carbocycles. The summed E-state index contributed by atoms with van der Waals surface area (Å²) in [6, 6.07) is 0. The summed E-state index contributed by atoms with van der Waals surface area (Å²) in [4.78, 5) is 10.4. The highest BCUT2D eigenvalue weighted by Crippen LogP contribution is 2.39. The van der Waals surface area contributed by atoms with Crippen LogP contribution in [0.3, 0.4) is 0 Å². The number of rotatable bonds is 11. The highest BCUT2D eigenvalue weighted by atomic mass is 16.4. The first kappa shape index (κ1) is 19.1. The van der Waals surface area contributed by atoms with E-state index >= 15 is 0 Å². The van der Waals surface area contributed by atoms with E-state index in [9.17, 15) is 20.1 Å². The molecule has 0 heterocycles. The van der Waals surface area contributed by atoms with E-state index in [0.717, 1.165) is 25.7 Å². The second kappa shape index (κ2) is 9.98. The number of hydrogen-bond acceptors (Lipinski definition) is 4. The van der Waals surface area contributed by atoms with Gasteiger partial charge in [0.05, 0.1) is 18.3 Å². The van der Waals surface area contributed by atoms with Gasteiger partial charge in [-0.05, 0) is 43.9 Å². The Hall–Kier alpha value is -0.910. The largest absolute Gasteiger partial charge is 0.481 e. The van der Waals surface area contributed by atoms with Crippen molar-refractivity contribution in [2.24, 2.45) is 11.8 Å². The minimum atomic E-state index is -0.754. The standard InChI is InChI=1S/C17H30O5/c1-2-12(18)9-10-14-13(15(19)11-16(14)20)7-5-3-4-6-8-17(21)22/h2,12-16,18-20H,1,3-11H2,(H,21,22)/t12?,13-,14-,15+,16-/m1/s1. The zero-order chi connectivity index (χ0) is 16.5. The Kier molecular flexibility index (Phi) is 8.68. The van der Waals surface area contributed by atoms with Gasteiger partial charge in [-0.3, -0.25) is 4.79 Å². The van der Waals surface area contributed by atoms with Crippen molar-refractivity contribution >= 4 is 5.97 Å². The van der Waals surface area contributed by atoms with Crippen LogP contribution in [0, 0.1) is 11.8 Å². The monoisotopic (exact) mass is 314 g/mol. The maximum atomic E-state index is 10.4. The van der Waals surface area contributed by atoms with E-state index in [1.165, 1.54) is 6.08 Å². The molecule has 1 unspecified atom stereocenters. The van der Waals surface area contributed by atoms with E-state index in [4.69, 9.17) is 5.11 Å². The summed E-state index contributed by atoms with van der Waals surface area (Å²) in [5.41, 5.74) is 0. The van der Waals surface area contributed by atoms with Gasteiger partial charge in [0.2, 0.25) is 0 Å². The molecule has 1 aliphatic rings. The fourth-order valence-corrected chi connectivity index (χ4v) is 3.47. The van der Waals surface area contributed by atoms with Crippen LogP contribution < -0.4 is 0 Å². The molecule has 22 heavy (non-hydrogen) atoms. The lowest BCUT2D eigenvalue weighted by Gasteiger charge is -2.24. The van der Waals surface area contributed by atoms with Crippen molar-refractivity contribution in [1.29, 1.82) is 0 Å². The van der Waals surface area contributed by atoms with Gasteiger partial charge in [-0.2, -0.15) is 0 Å². The lowest BCUT2D eigenvalue weighted by molar-refractivity contribution is -0.137. The highest BCUT2D eigenvalue weighted by Gasteiger charge is 2.40. The highest BCUT2D eigenvalue weighted by molar-refractivity contribution is 5.66. The Morgan fingerprint density at radius 3 is 2.27 bits per heavy atom. The van der Waals surface area contributed by atoms with Crippen LogP contribution in [-0.2, 0) is 4.79 Å². The van der Waals surface area contributed by atoms with Crippen LogP contribution in [0.4, 0.5) is 0 Å². The van der Waals surface area contributed by atoms with Gasteiger partial charge >= 0.3 is 5.97 Å². The van der Waals surface area contributed by atoms with Gasteiger partial charge in [0, 0.05) is 6.42 Å². The molecule has 0 radical (unpaired) electrons. The van der Waals surface area contributed by atoms with E-state index in [1.54, 1.807) is 0 Å². The summed E-state index contributed by atoms with van der Waals surface area (Å²) in [5, 5.41) is 38.3. The minimum Gasteiger partial charge on any atom is -0.481 e. The number of hydrogen-bond donors (Lipinski definition) is 4. The molecule has 5 atom stereocenters. The molecule has 1 saturated carbocycles. The predicted molar refractivity (Wildman–Crippen MR) is 84.4 cm³/mol. The van der Waals surface area contributed by atoms with Crippen LogP contribution in [-0.4, -0.2) is 44.7 Å². The van der Waals surface area contributed by atoms with Crippen molar-refractivity contribution in [2.75, 3.05) is 0 Å². The smallest absolute Gasteiger partial charge is 0.303 e. The first-order valence-electron chi connectivity index (χ1n) is 8.34. The first-order valence-corrected chi connectivity index (χ1v) is 8.34. The summed E-state index contributed by atoms with van der Waals surface area (Å²) in [5.74, 6) is -0.648. The Morgan fingerprint density at radius 2 is 1.68 bits per heavy atom. The Bertz CT molecular complexity index is 344. The average Bonchev–Trinajstić information content (AvgIpc) is 2.73. The fraction of sp³-hybridized carbons (Fsp3) is 0.824. The van der Waals surface area contributed by atoms with Crippen LogP contribution in [0.15, 0.2) is 12.7 Å². The van der Waals surface area contributed by atoms with Crippen LogP contribution in [0.5, 0.6) is 0 Å². The van der Waals surface area contributed by atoms with E-state index in [2.05, 4.69) is 6.58 Å². The summed E-state index contributed by atoms with van der Waals surface area (Å²) in [6.45, 7) is 3.55. The third-order valence-electron chi connectivity index (χ3n) is 4.77. The third-order valence-corrected chi connectivity index (χ3v) is 4.77. The van der Waals surface area contributed by atoms with Crippen molar-refractivity contribution in [3.8, 4) is 0 Å².